The van der Waals surface area contributed by atoms with Crippen LogP contribution in [0.25, 0.3) is 0 Å². The van der Waals surface area contributed by atoms with E-state index in [9.17, 15) is 19.4 Å². The molecule has 7 nitrogen and oxygen atoms in total. The summed E-state index contributed by atoms with van der Waals surface area (Å²) in [5.41, 5.74) is 0.522. The molecule has 3 saturated carbocycles. The topological polar surface area (TPSA) is 91.3 Å². The van der Waals surface area contributed by atoms with Crippen LogP contribution in [0.5, 0.6) is 5.75 Å². The van der Waals surface area contributed by atoms with Gasteiger partial charge in [-0.05, 0) is 71.0 Å². The second-order valence-electron chi connectivity index (χ2n) is 10.8. The number of benzene rings is 1. The van der Waals surface area contributed by atoms with Crippen molar-refractivity contribution in [1.82, 2.24) is 10.4 Å². The van der Waals surface area contributed by atoms with Crippen LogP contribution >= 0.6 is 15.9 Å². The van der Waals surface area contributed by atoms with Crippen molar-refractivity contribution in [3.05, 3.63) is 28.0 Å². The third kappa shape index (κ3) is 4.28. The Hall–Kier alpha value is -1.26. The Labute approximate surface area is 209 Å². The van der Waals surface area contributed by atoms with E-state index >= 15 is 0 Å². The van der Waals surface area contributed by atoms with E-state index in [1.54, 1.807) is 13.0 Å². The fraction of sp³-hybridized carbons (Fsp3) is 0.720. The summed E-state index contributed by atoms with van der Waals surface area (Å²) in [4.78, 5) is 19.6. The molecule has 3 aliphatic carbocycles. The van der Waals surface area contributed by atoms with E-state index in [1.807, 2.05) is 0 Å². The number of carbonyl (C=O) groups excluding carboxylic acids is 1. The normalized spacial score (nSPS) is 35.5. The number of hydrogen-bond donors (Lipinski definition) is 3. The molecular formula is C25H36BrFN2O5. The maximum absolute atomic E-state index is 14.8. The standard InChI is InChI=1S/C25H36BrFN2O5/c1-12-16-8-14(25(16,3)4)9-19(12)28-24(32)22-21(13(2)31)20(11-30)34-29(22)10-15-18(27)7-6-17(26)23(15)33-5/h6-7,12-14,16,19-22,30-31H,8-11H2,1-5H3,(H,28,32)/t12-,13-,14-,16+,19-,20-,21+,22?/m0/s1. The molecule has 1 amide bonds. The zero-order valence-corrected chi connectivity index (χ0v) is 22.0. The van der Waals surface area contributed by atoms with Crippen molar-refractivity contribution >= 4 is 21.8 Å². The molecule has 4 aliphatic rings. The Morgan fingerprint density at radius 1 is 1.41 bits per heavy atom. The van der Waals surface area contributed by atoms with Crippen molar-refractivity contribution in [2.24, 2.45) is 29.1 Å². The molecule has 1 aliphatic heterocycles. The van der Waals surface area contributed by atoms with Crippen LogP contribution in [0, 0.1) is 34.9 Å². The molecule has 4 fully saturated rings. The smallest absolute Gasteiger partial charge is 0.240 e. The minimum Gasteiger partial charge on any atom is -0.495 e. The van der Waals surface area contributed by atoms with Gasteiger partial charge in [0.2, 0.25) is 5.91 Å². The number of fused-ring (bicyclic) bond motifs is 2. The van der Waals surface area contributed by atoms with Gasteiger partial charge in [-0.1, -0.05) is 20.8 Å². The minimum absolute atomic E-state index is 0.0334. The Morgan fingerprint density at radius 2 is 2.12 bits per heavy atom. The number of rotatable bonds is 7. The molecule has 1 heterocycles. The Balaban J connectivity index is 1.60. The number of nitrogens with zero attached hydrogens (tertiary/aromatic N) is 1. The molecule has 1 aromatic rings. The molecule has 1 aromatic carbocycles. The first-order valence-corrected chi connectivity index (χ1v) is 12.8. The van der Waals surface area contributed by atoms with Gasteiger partial charge < -0.3 is 20.3 Å². The quantitative estimate of drug-likeness (QED) is 0.489. The highest BCUT2D eigenvalue weighted by atomic mass is 79.9. The number of halogens is 2. The van der Waals surface area contributed by atoms with E-state index in [0.29, 0.717) is 33.4 Å². The number of hydroxylamine groups is 2. The van der Waals surface area contributed by atoms with Gasteiger partial charge >= 0.3 is 0 Å². The van der Waals surface area contributed by atoms with Gasteiger partial charge in [0.1, 0.15) is 23.7 Å². The predicted octanol–water partition coefficient (Wildman–Crippen LogP) is 3.26. The summed E-state index contributed by atoms with van der Waals surface area (Å²) in [5.74, 6) is 0.348. The molecule has 34 heavy (non-hydrogen) atoms. The van der Waals surface area contributed by atoms with E-state index in [2.05, 4.69) is 42.0 Å². The van der Waals surface area contributed by atoms with E-state index < -0.39 is 30.0 Å². The van der Waals surface area contributed by atoms with Crippen LogP contribution in [0.15, 0.2) is 16.6 Å². The number of amides is 1. The molecule has 8 atom stereocenters. The van der Waals surface area contributed by atoms with Gasteiger partial charge in [0, 0.05) is 17.5 Å². The fourth-order valence-corrected chi connectivity index (χ4v) is 7.12. The highest BCUT2D eigenvalue weighted by Crippen LogP contribution is 2.61. The fourth-order valence-electron chi connectivity index (χ4n) is 6.58. The lowest BCUT2D eigenvalue weighted by molar-refractivity contribution is -0.183. The molecule has 190 valence electrons. The number of hydrogen-bond acceptors (Lipinski definition) is 6. The van der Waals surface area contributed by atoms with Gasteiger partial charge in [0.05, 0.1) is 30.8 Å². The Morgan fingerprint density at radius 3 is 2.68 bits per heavy atom. The molecule has 0 spiro atoms. The number of methoxy groups -OCH3 is 1. The molecule has 5 rings (SSSR count). The van der Waals surface area contributed by atoms with Crippen molar-refractivity contribution in [3.63, 3.8) is 0 Å². The van der Waals surface area contributed by atoms with Gasteiger partial charge in [-0.25, -0.2) is 4.39 Å². The van der Waals surface area contributed by atoms with Crippen molar-refractivity contribution < 1.29 is 29.0 Å². The molecule has 1 saturated heterocycles. The largest absolute Gasteiger partial charge is 0.495 e. The Bertz CT molecular complexity index is 929. The van der Waals surface area contributed by atoms with Crippen LogP contribution in [0.3, 0.4) is 0 Å². The maximum atomic E-state index is 14.8. The van der Waals surface area contributed by atoms with Crippen LogP contribution in [0.1, 0.15) is 46.1 Å². The molecular weight excluding hydrogens is 507 g/mol. The zero-order valence-electron chi connectivity index (χ0n) is 20.4. The van der Waals surface area contributed by atoms with E-state index in [-0.39, 0.29) is 30.7 Å². The summed E-state index contributed by atoms with van der Waals surface area (Å²) in [6, 6.07) is 2.02. The summed E-state index contributed by atoms with van der Waals surface area (Å²) in [6.07, 6.45) is 0.418. The summed E-state index contributed by atoms with van der Waals surface area (Å²) in [5, 5.41) is 25.1. The SMILES string of the molecule is COc1c(Br)ccc(F)c1CN1O[C@@H](CO)[C@@H]([C@H](C)O)C1C(=O)N[C@H]1C[C@@H]2C[C@H]([C@@H]1C)C2(C)C. The number of ether oxygens (including phenoxy) is 1. The number of carbonyl (C=O) groups is 1. The molecule has 0 aromatic heterocycles. The van der Waals surface area contributed by atoms with Crippen molar-refractivity contribution in [1.29, 1.82) is 0 Å². The van der Waals surface area contributed by atoms with Gasteiger partial charge in [0.25, 0.3) is 0 Å². The molecule has 9 heteroatoms. The van der Waals surface area contributed by atoms with Crippen LogP contribution < -0.4 is 10.1 Å². The summed E-state index contributed by atoms with van der Waals surface area (Å²) < 4.78 is 20.8. The average molecular weight is 543 g/mol. The zero-order chi connectivity index (χ0) is 24.9. The van der Waals surface area contributed by atoms with Crippen molar-refractivity contribution in [3.8, 4) is 5.75 Å². The summed E-state index contributed by atoms with van der Waals surface area (Å²) in [7, 11) is 1.45. The first-order valence-electron chi connectivity index (χ1n) is 12.0. The number of aliphatic hydroxyl groups excluding tert-OH is 2. The monoisotopic (exact) mass is 542 g/mol. The predicted molar refractivity (Wildman–Crippen MR) is 128 cm³/mol. The second kappa shape index (κ2) is 9.65. The third-order valence-electron chi connectivity index (χ3n) is 8.74. The lowest BCUT2D eigenvalue weighted by atomic mass is 9.45. The number of nitrogens with one attached hydrogen (secondary N) is 1. The molecule has 1 unspecified atom stereocenters. The van der Waals surface area contributed by atoms with Crippen molar-refractivity contribution in [2.45, 2.75) is 71.4 Å². The van der Waals surface area contributed by atoms with Gasteiger partial charge in [-0.15, -0.1) is 0 Å². The minimum atomic E-state index is -0.914. The molecule has 0 radical (unpaired) electrons. The average Bonchev–Trinajstić information content (AvgIpc) is 3.16. The van der Waals surface area contributed by atoms with Gasteiger partial charge in [0.15, 0.2) is 0 Å². The lowest BCUT2D eigenvalue weighted by Crippen LogP contribution is -2.62. The highest BCUT2D eigenvalue weighted by Gasteiger charge is 2.57. The first kappa shape index (κ1) is 25.8. The van der Waals surface area contributed by atoms with Crippen LogP contribution in [-0.4, -0.2) is 59.2 Å². The molecule has 2 bridgehead atoms. The van der Waals surface area contributed by atoms with Crippen LogP contribution in [-0.2, 0) is 16.2 Å². The second-order valence-corrected chi connectivity index (χ2v) is 11.6. The van der Waals surface area contributed by atoms with E-state index in [0.717, 1.165) is 6.42 Å². The van der Waals surface area contributed by atoms with Gasteiger partial charge in [-0.3, -0.25) is 9.63 Å². The summed E-state index contributed by atoms with van der Waals surface area (Å²) in [6.45, 7) is 7.95. The molecule has 3 N–H and O–H groups in total. The number of aliphatic hydroxyl groups is 2. The summed E-state index contributed by atoms with van der Waals surface area (Å²) >= 11 is 3.38. The lowest BCUT2D eigenvalue weighted by Gasteiger charge is -2.62. The Kier molecular flexibility index (Phi) is 7.33. The van der Waals surface area contributed by atoms with E-state index in [4.69, 9.17) is 9.57 Å². The third-order valence-corrected chi connectivity index (χ3v) is 9.36. The van der Waals surface area contributed by atoms with Gasteiger partial charge in [-0.2, -0.15) is 5.06 Å². The van der Waals surface area contributed by atoms with Crippen molar-refractivity contribution in [2.75, 3.05) is 13.7 Å². The highest BCUT2D eigenvalue weighted by molar-refractivity contribution is 9.10. The van der Waals surface area contributed by atoms with E-state index in [1.165, 1.54) is 24.7 Å². The maximum Gasteiger partial charge on any atom is 0.240 e. The van der Waals surface area contributed by atoms with Crippen LogP contribution in [0.4, 0.5) is 4.39 Å². The first-order chi connectivity index (χ1) is 16.0. The van der Waals surface area contributed by atoms with Crippen LogP contribution in [0.2, 0.25) is 0 Å².